The summed E-state index contributed by atoms with van der Waals surface area (Å²) < 4.78 is 18.9. The van der Waals surface area contributed by atoms with Crippen LogP contribution in [0.1, 0.15) is 17.6 Å². The number of aromatic nitrogens is 5. The van der Waals surface area contributed by atoms with Crippen molar-refractivity contribution in [2.24, 2.45) is 7.05 Å². The maximum Gasteiger partial charge on any atom is 0.407 e. The molecular weight excluding hydrogens is 512 g/mol. The number of ether oxygens (including phenoxy) is 3. The Kier molecular flexibility index (Phi) is 7.68. The monoisotopic (exact) mass is 540 g/mol. The van der Waals surface area contributed by atoms with Gasteiger partial charge >= 0.3 is 12.1 Å². The molecule has 17 heteroatoms. The minimum atomic E-state index is -1.50. The number of fused-ring (bicyclic) bond motifs is 2. The van der Waals surface area contributed by atoms with Gasteiger partial charge in [0.1, 0.15) is 24.4 Å². The number of amides is 1. The molecule has 0 spiro atoms. The highest BCUT2D eigenvalue weighted by atomic mass is 17.1. The molecule has 1 amide bonds. The van der Waals surface area contributed by atoms with Crippen LogP contribution in [0.2, 0.25) is 0 Å². The van der Waals surface area contributed by atoms with Crippen LogP contribution in [0, 0.1) is 6.92 Å². The smallest absolute Gasteiger partial charge is 0.407 e. The lowest BCUT2D eigenvalue weighted by atomic mass is 10.0. The summed E-state index contributed by atoms with van der Waals surface area (Å²) in [5, 5.41) is 41.9. The Morgan fingerprint density at radius 1 is 1.24 bits per heavy atom. The number of aryl methyl sites for hydroxylation is 2. The maximum absolute atomic E-state index is 13.6. The van der Waals surface area contributed by atoms with Crippen molar-refractivity contribution in [1.82, 2.24) is 28.8 Å². The average molecular weight is 540 g/mol. The molecule has 208 valence electrons. The van der Waals surface area contributed by atoms with Crippen molar-refractivity contribution >= 4 is 29.0 Å². The number of esters is 1. The van der Waals surface area contributed by atoms with Crippen molar-refractivity contribution < 1.29 is 49.3 Å². The number of methoxy groups -OCH3 is 2. The van der Waals surface area contributed by atoms with E-state index in [-0.39, 0.29) is 29.1 Å². The fourth-order valence-electron chi connectivity index (χ4n) is 4.58. The Morgan fingerprint density at radius 2 is 1.95 bits per heavy atom. The SMILES string of the molecule is COC(=O)NC(C(=O)OC)C(Cc1c(C)nc2n(C)c3c(ncn3C3OC(CO)C(O)C3O)c(=O)n12)OO. The first-order valence-electron chi connectivity index (χ1n) is 11.4. The topological polar surface area (TPSA) is 221 Å². The summed E-state index contributed by atoms with van der Waals surface area (Å²) in [6.07, 6.45) is -6.36. The van der Waals surface area contributed by atoms with Gasteiger partial charge in [-0.2, -0.15) is 0 Å². The number of aliphatic hydroxyl groups is 3. The largest absolute Gasteiger partial charge is 0.467 e. The molecule has 0 aromatic carbocycles. The normalized spacial score (nSPS) is 23.1. The summed E-state index contributed by atoms with van der Waals surface area (Å²) in [6, 6.07) is -1.50. The van der Waals surface area contributed by atoms with Crippen LogP contribution in [0.3, 0.4) is 0 Å². The molecule has 4 rings (SSSR count). The van der Waals surface area contributed by atoms with Gasteiger partial charge < -0.3 is 34.8 Å². The Balaban J connectivity index is 1.81. The molecule has 1 aliphatic heterocycles. The van der Waals surface area contributed by atoms with E-state index >= 15 is 0 Å². The zero-order chi connectivity index (χ0) is 27.9. The van der Waals surface area contributed by atoms with Gasteiger partial charge in [-0.3, -0.25) is 19.2 Å². The summed E-state index contributed by atoms with van der Waals surface area (Å²) in [4.78, 5) is 50.8. The molecule has 1 saturated heterocycles. The lowest BCUT2D eigenvalue weighted by molar-refractivity contribution is -0.283. The fourth-order valence-corrected chi connectivity index (χ4v) is 4.58. The van der Waals surface area contributed by atoms with Crippen LogP contribution in [0.4, 0.5) is 4.79 Å². The fraction of sp³-hybridized carbons (Fsp3) is 0.571. The molecule has 3 aromatic rings. The van der Waals surface area contributed by atoms with Crippen LogP contribution < -0.4 is 10.9 Å². The van der Waals surface area contributed by atoms with Gasteiger partial charge in [0.05, 0.1) is 38.5 Å². The number of rotatable bonds is 8. The second-order valence-corrected chi connectivity index (χ2v) is 8.68. The summed E-state index contributed by atoms with van der Waals surface area (Å²) >= 11 is 0. The van der Waals surface area contributed by atoms with E-state index in [1.165, 1.54) is 19.9 Å². The molecule has 6 unspecified atom stereocenters. The van der Waals surface area contributed by atoms with Crippen LogP contribution >= 0.6 is 0 Å². The van der Waals surface area contributed by atoms with Crippen LogP contribution in [-0.4, -0.2) is 107 Å². The number of hydrogen-bond acceptors (Lipinski definition) is 13. The van der Waals surface area contributed by atoms with Crippen molar-refractivity contribution in [3.05, 3.63) is 28.1 Å². The van der Waals surface area contributed by atoms with E-state index in [0.29, 0.717) is 5.69 Å². The highest BCUT2D eigenvalue weighted by Gasteiger charge is 2.44. The van der Waals surface area contributed by atoms with Crippen molar-refractivity contribution in [3.63, 3.8) is 0 Å². The molecular formula is C21H28N6O11. The zero-order valence-electron chi connectivity index (χ0n) is 20.8. The molecule has 0 bridgehead atoms. The first-order chi connectivity index (χ1) is 18.1. The molecule has 0 saturated carbocycles. The predicted molar refractivity (Wildman–Crippen MR) is 124 cm³/mol. The average Bonchev–Trinajstić information content (AvgIpc) is 3.58. The van der Waals surface area contributed by atoms with Gasteiger partial charge in [0.25, 0.3) is 5.56 Å². The summed E-state index contributed by atoms with van der Waals surface area (Å²) in [5.74, 6) is -0.802. The van der Waals surface area contributed by atoms with E-state index in [9.17, 15) is 35.0 Å². The van der Waals surface area contributed by atoms with Gasteiger partial charge in [0, 0.05) is 13.5 Å². The Bertz CT molecular complexity index is 1410. The van der Waals surface area contributed by atoms with Crippen LogP contribution in [0.5, 0.6) is 0 Å². The minimum Gasteiger partial charge on any atom is -0.467 e. The highest BCUT2D eigenvalue weighted by molar-refractivity contribution is 5.82. The third kappa shape index (κ3) is 4.38. The molecule has 6 atom stereocenters. The summed E-state index contributed by atoms with van der Waals surface area (Å²) in [5.41, 5.74) is 0.123. The molecule has 0 aliphatic carbocycles. The van der Waals surface area contributed by atoms with E-state index in [1.807, 2.05) is 0 Å². The van der Waals surface area contributed by atoms with Gasteiger partial charge in [0.2, 0.25) is 5.78 Å². The summed E-state index contributed by atoms with van der Waals surface area (Å²) in [7, 11) is 3.75. The van der Waals surface area contributed by atoms with Gasteiger partial charge in [-0.25, -0.2) is 28.8 Å². The number of hydrogen-bond donors (Lipinski definition) is 5. The van der Waals surface area contributed by atoms with Crippen LogP contribution in [0.15, 0.2) is 11.1 Å². The van der Waals surface area contributed by atoms with E-state index < -0.39 is 60.9 Å². The number of nitrogens with zero attached hydrogens (tertiary/aromatic N) is 5. The van der Waals surface area contributed by atoms with Gasteiger partial charge in [0.15, 0.2) is 23.4 Å². The summed E-state index contributed by atoms with van der Waals surface area (Å²) in [6.45, 7) is 1.06. The van der Waals surface area contributed by atoms with Crippen LogP contribution in [-0.2, 0) is 37.4 Å². The quantitative estimate of drug-likeness (QED) is 0.114. The minimum absolute atomic E-state index is 0.0462. The Labute approximate surface area is 213 Å². The first kappa shape index (κ1) is 27.4. The molecule has 38 heavy (non-hydrogen) atoms. The lowest BCUT2D eigenvalue weighted by Gasteiger charge is -2.23. The van der Waals surface area contributed by atoms with E-state index in [4.69, 9.17) is 9.47 Å². The number of carbonyl (C=O) groups excluding carboxylic acids is 2. The number of imidazole rings is 2. The van der Waals surface area contributed by atoms with Gasteiger partial charge in [-0.1, -0.05) is 0 Å². The first-order valence-corrected chi connectivity index (χ1v) is 11.4. The second kappa shape index (κ2) is 10.6. The molecule has 17 nitrogen and oxygen atoms in total. The predicted octanol–water partition coefficient (Wildman–Crippen LogP) is -2.40. The number of alkyl carbamates (subject to hydrolysis) is 1. The highest BCUT2D eigenvalue weighted by Crippen LogP contribution is 2.31. The molecule has 1 fully saturated rings. The molecule has 0 radical (unpaired) electrons. The molecule has 5 N–H and O–H groups in total. The lowest BCUT2D eigenvalue weighted by Crippen LogP contribution is -2.51. The standard InChI is InChI=1S/C21H28N6O11/c1-8-9(5-10(38-34)12(19(32)35-3)24-21(33)36-4)27-17(31)13-16(25(2)20(27)23-8)26(7-22-13)18-15(30)14(29)11(6-28)37-18/h7,10-12,14-15,18,28-30,34H,5-6H2,1-4H3,(H,24,33). The zero-order valence-corrected chi connectivity index (χ0v) is 20.8. The third-order valence-electron chi connectivity index (χ3n) is 6.55. The number of carbonyl (C=O) groups is 2. The number of nitrogens with one attached hydrogen (secondary N) is 1. The van der Waals surface area contributed by atoms with E-state index in [2.05, 4.69) is 24.9 Å². The van der Waals surface area contributed by atoms with Crippen LogP contribution in [0.25, 0.3) is 16.9 Å². The molecule has 3 aromatic heterocycles. The van der Waals surface area contributed by atoms with E-state index in [0.717, 1.165) is 14.2 Å². The van der Waals surface area contributed by atoms with Crippen molar-refractivity contribution in [1.29, 1.82) is 0 Å². The number of aliphatic hydroxyl groups excluding tert-OH is 3. The molecule has 4 heterocycles. The van der Waals surface area contributed by atoms with E-state index in [1.54, 1.807) is 14.0 Å². The maximum atomic E-state index is 13.6. The Morgan fingerprint density at radius 3 is 2.53 bits per heavy atom. The molecule has 1 aliphatic rings. The third-order valence-corrected chi connectivity index (χ3v) is 6.55. The van der Waals surface area contributed by atoms with Gasteiger partial charge in [-0.05, 0) is 6.92 Å². The second-order valence-electron chi connectivity index (χ2n) is 8.68. The Hall–Kier alpha value is -3.61. The van der Waals surface area contributed by atoms with Crippen molar-refractivity contribution in [3.8, 4) is 0 Å². The van der Waals surface area contributed by atoms with Crippen molar-refractivity contribution in [2.45, 2.75) is 50.0 Å². The van der Waals surface area contributed by atoms with Gasteiger partial charge in [-0.15, -0.1) is 0 Å². The van der Waals surface area contributed by atoms with Crippen molar-refractivity contribution in [2.75, 3.05) is 20.8 Å².